The summed E-state index contributed by atoms with van der Waals surface area (Å²) in [5, 5.41) is 18.4. The first-order valence-electron chi connectivity index (χ1n) is 11.3. The average molecular weight is 501 g/mol. The number of alkyl halides is 3. The van der Waals surface area contributed by atoms with Crippen LogP contribution >= 0.6 is 0 Å². The quantitative estimate of drug-likeness (QED) is 0.323. The standard InChI is InChI=1S/C26H27F3N4O3/c1-4-5-22(18-6-8-19(9-7-18)25(36)30-11-10-23(34)35)32-21-12-16(2)24(17(3)13-21)33-15-20(14-31-33)26(27,28)29/h6-15,22,32H,4-5H2,1-3H3,(H,30,36)(H,34,35)/b11-10+/t22-/m1/s1. The average Bonchev–Trinajstić information content (AvgIpc) is 3.28. The van der Waals surface area contributed by atoms with Gasteiger partial charge in [-0.25, -0.2) is 9.48 Å². The number of carbonyl (C=O) groups excluding carboxylic acids is 1. The van der Waals surface area contributed by atoms with Crippen LogP contribution in [-0.2, 0) is 11.0 Å². The molecule has 0 unspecified atom stereocenters. The lowest BCUT2D eigenvalue weighted by Gasteiger charge is -2.22. The van der Waals surface area contributed by atoms with Gasteiger partial charge < -0.3 is 15.7 Å². The highest BCUT2D eigenvalue weighted by Crippen LogP contribution is 2.32. The molecule has 3 aromatic rings. The molecule has 0 bridgehead atoms. The number of aromatic nitrogens is 2. The van der Waals surface area contributed by atoms with E-state index in [0.717, 1.165) is 59.9 Å². The number of halogens is 3. The second-order valence-electron chi connectivity index (χ2n) is 8.38. The minimum Gasteiger partial charge on any atom is -0.478 e. The van der Waals surface area contributed by atoms with Crippen LogP contribution in [0.15, 0.2) is 61.1 Å². The topological polar surface area (TPSA) is 96.3 Å². The molecule has 0 aliphatic rings. The van der Waals surface area contributed by atoms with Gasteiger partial charge in [0, 0.05) is 29.7 Å². The predicted octanol–water partition coefficient (Wildman–Crippen LogP) is 5.79. The molecular weight excluding hydrogens is 473 g/mol. The molecule has 3 rings (SSSR count). The van der Waals surface area contributed by atoms with E-state index in [1.807, 2.05) is 38.1 Å². The SMILES string of the molecule is CCC[C@@H](Nc1cc(C)c(-n2cc(C(F)(F)F)cn2)c(C)c1)c1ccc(C(=O)N/C=C/C(=O)O)cc1. The normalized spacial score (nSPS) is 12.5. The molecule has 36 heavy (non-hydrogen) atoms. The number of benzene rings is 2. The maximum absolute atomic E-state index is 13.0. The summed E-state index contributed by atoms with van der Waals surface area (Å²) in [5.74, 6) is -1.58. The van der Waals surface area contributed by atoms with E-state index in [2.05, 4.69) is 22.7 Å². The van der Waals surface area contributed by atoms with E-state index in [9.17, 15) is 22.8 Å². The number of carbonyl (C=O) groups is 2. The van der Waals surface area contributed by atoms with Gasteiger partial charge in [-0.2, -0.15) is 18.3 Å². The summed E-state index contributed by atoms with van der Waals surface area (Å²) < 4.78 is 40.3. The fraction of sp³-hybridized carbons (Fsp3) is 0.269. The van der Waals surface area contributed by atoms with Gasteiger partial charge in [0.15, 0.2) is 0 Å². The van der Waals surface area contributed by atoms with Crippen molar-refractivity contribution >= 4 is 17.6 Å². The number of rotatable bonds is 9. The lowest BCUT2D eigenvalue weighted by molar-refractivity contribution is -0.137. The van der Waals surface area contributed by atoms with E-state index in [1.165, 1.54) is 4.68 Å². The lowest BCUT2D eigenvalue weighted by Crippen LogP contribution is -2.18. The largest absolute Gasteiger partial charge is 0.478 e. The summed E-state index contributed by atoms with van der Waals surface area (Å²) in [6, 6.07) is 10.7. The number of aliphatic carboxylic acids is 1. The highest BCUT2D eigenvalue weighted by molar-refractivity contribution is 5.95. The molecule has 10 heteroatoms. The number of hydrogen-bond acceptors (Lipinski definition) is 4. The molecule has 1 amide bonds. The molecular formula is C26H27F3N4O3. The molecule has 190 valence electrons. The van der Waals surface area contributed by atoms with Crippen molar-refractivity contribution in [2.24, 2.45) is 0 Å². The van der Waals surface area contributed by atoms with E-state index in [-0.39, 0.29) is 6.04 Å². The van der Waals surface area contributed by atoms with E-state index < -0.39 is 23.6 Å². The number of amides is 1. The number of carboxylic acid groups (broad SMARTS) is 1. The molecule has 3 N–H and O–H groups in total. The van der Waals surface area contributed by atoms with Crippen LogP contribution in [0, 0.1) is 13.8 Å². The van der Waals surface area contributed by atoms with Crippen LogP contribution in [0.2, 0.25) is 0 Å². The molecule has 0 radical (unpaired) electrons. The predicted molar refractivity (Wildman–Crippen MR) is 130 cm³/mol. The van der Waals surface area contributed by atoms with E-state index in [1.54, 1.807) is 12.1 Å². The van der Waals surface area contributed by atoms with Gasteiger partial charge in [-0.1, -0.05) is 25.5 Å². The van der Waals surface area contributed by atoms with Crippen molar-refractivity contribution in [3.05, 3.63) is 88.9 Å². The monoisotopic (exact) mass is 500 g/mol. The number of aryl methyl sites for hydroxylation is 2. The van der Waals surface area contributed by atoms with Crippen molar-refractivity contribution in [1.82, 2.24) is 15.1 Å². The molecule has 2 aromatic carbocycles. The molecule has 0 aliphatic carbocycles. The third-order valence-corrected chi connectivity index (χ3v) is 5.56. The van der Waals surface area contributed by atoms with Gasteiger partial charge in [0.25, 0.3) is 5.91 Å². The van der Waals surface area contributed by atoms with Gasteiger partial charge in [0.05, 0.1) is 23.5 Å². The molecule has 0 fully saturated rings. The Morgan fingerprint density at radius 3 is 2.31 bits per heavy atom. The second kappa shape index (κ2) is 11.1. The van der Waals surface area contributed by atoms with Crippen LogP contribution in [0.4, 0.5) is 18.9 Å². The van der Waals surface area contributed by atoms with Gasteiger partial charge in [-0.05, 0) is 61.2 Å². The van der Waals surface area contributed by atoms with Crippen LogP contribution in [-0.4, -0.2) is 26.8 Å². The molecule has 0 saturated carbocycles. The van der Waals surface area contributed by atoms with E-state index in [0.29, 0.717) is 11.3 Å². The Labute approximate surface area is 206 Å². The van der Waals surface area contributed by atoms with Crippen molar-refractivity contribution in [2.45, 2.75) is 45.8 Å². The summed E-state index contributed by atoms with van der Waals surface area (Å²) in [7, 11) is 0. The van der Waals surface area contributed by atoms with Crippen molar-refractivity contribution in [3.8, 4) is 5.69 Å². The lowest BCUT2D eigenvalue weighted by atomic mass is 9.99. The van der Waals surface area contributed by atoms with Gasteiger partial charge in [-0.15, -0.1) is 0 Å². The van der Waals surface area contributed by atoms with Crippen molar-refractivity contribution in [3.63, 3.8) is 0 Å². The first kappa shape index (κ1) is 26.5. The fourth-order valence-corrected chi connectivity index (χ4v) is 3.94. The highest BCUT2D eigenvalue weighted by atomic mass is 19.4. The third kappa shape index (κ3) is 6.53. The summed E-state index contributed by atoms with van der Waals surface area (Å²) in [4.78, 5) is 22.7. The number of hydrogen-bond donors (Lipinski definition) is 3. The van der Waals surface area contributed by atoms with Gasteiger partial charge >= 0.3 is 12.1 Å². The van der Waals surface area contributed by atoms with E-state index in [4.69, 9.17) is 5.11 Å². The molecule has 0 aliphatic heterocycles. The molecule has 7 nitrogen and oxygen atoms in total. The van der Waals surface area contributed by atoms with Gasteiger partial charge in [0.1, 0.15) is 0 Å². The third-order valence-electron chi connectivity index (χ3n) is 5.56. The van der Waals surface area contributed by atoms with Crippen molar-refractivity contribution in [1.29, 1.82) is 0 Å². The minimum absolute atomic E-state index is 0.0646. The Morgan fingerprint density at radius 1 is 1.14 bits per heavy atom. The Hall–Kier alpha value is -4.08. The number of nitrogens with zero attached hydrogens (tertiary/aromatic N) is 2. The number of nitrogens with one attached hydrogen (secondary N) is 2. The molecule has 1 heterocycles. The smallest absolute Gasteiger partial charge is 0.419 e. The Bertz CT molecular complexity index is 1240. The van der Waals surface area contributed by atoms with Crippen LogP contribution in [0.3, 0.4) is 0 Å². The van der Waals surface area contributed by atoms with Crippen LogP contribution in [0.1, 0.15) is 58.4 Å². The Kier molecular flexibility index (Phi) is 8.18. The van der Waals surface area contributed by atoms with Gasteiger partial charge in [0.2, 0.25) is 0 Å². The summed E-state index contributed by atoms with van der Waals surface area (Å²) >= 11 is 0. The Balaban J connectivity index is 1.80. The first-order valence-corrected chi connectivity index (χ1v) is 11.3. The van der Waals surface area contributed by atoms with Crippen LogP contribution < -0.4 is 10.6 Å². The fourth-order valence-electron chi connectivity index (χ4n) is 3.94. The second-order valence-corrected chi connectivity index (χ2v) is 8.38. The van der Waals surface area contributed by atoms with E-state index >= 15 is 0 Å². The zero-order valence-corrected chi connectivity index (χ0v) is 20.1. The molecule has 0 saturated heterocycles. The zero-order valence-electron chi connectivity index (χ0n) is 20.1. The first-order chi connectivity index (χ1) is 17.0. The van der Waals surface area contributed by atoms with Gasteiger partial charge in [-0.3, -0.25) is 4.79 Å². The van der Waals surface area contributed by atoms with Crippen molar-refractivity contribution < 1.29 is 27.9 Å². The minimum atomic E-state index is -4.46. The summed E-state index contributed by atoms with van der Waals surface area (Å²) in [5.41, 5.74) is 3.48. The molecule has 0 spiro atoms. The maximum Gasteiger partial charge on any atom is 0.419 e. The molecule has 1 atom stereocenters. The van der Waals surface area contributed by atoms with Crippen molar-refractivity contribution in [2.75, 3.05) is 5.32 Å². The van der Waals surface area contributed by atoms with Crippen LogP contribution in [0.5, 0.6) is 0 Å². The Morgan fingerprint density at radius 2 is 1.78 bits per heavy atom. The number of anilines is 1. The summed E-state index contributed by atoms with van der Waals surface area (Å²) in [6.07, 6.45) is 0.947. The zero-order chi connectivity index (χ0) is 26.5. The van der Waals surface area contributed by atoms with Crippen LogP contribution in [0.25, 0.3) is 5.69 Å². The maximum atomic E-state index is 13.0. The molecule has 1 aromatic heterocycles. The highest BCUT2D eigenvalue weighted by Gasteiger charge is 2.32. The number of carboxylic acids is 1. The summed E-state index contributed by atoms with van der Waals surface area (Å²) in [6.45, 7) is 5.70.